The van der Waals surface area contributed by atoms with Gasteiger partial charge in [-0.3, -0.25) is 4.99 Å². The summed E-state index contributed by atoms with van der Waals surface area (Å²) in [6.45, 7) is 0.467. The highest BCUT2D eigenvalue weighted by Crippen LogP contribution is 2.37. The van der Waals surface area contributed by atoms with Crippen molar-refractivity contribution in [2.75, 3.05) is 14.2 Å². The zero-order valence-electron chi connectivity index (χ0n) is 15.2. The molecule has 0 aromatic heterocycles. The number of aliphatic imine (C=N–C) groups is 1. The molecule has 27 heavy (non-hydrogen) atoms. The van der Waals surface area contributed by atoms with E-state index >= 15 is 0 Å². The molecule has 0 aliphatic carbocycles. The van der Waals surface area contributed by atoms with E-state index in [1.165, 1.54) is 0 Å². The van der Waals surface area contributed by atoms with Gasteiger partial charge in [-0.05, 0) is 63.5 Å². The van der Waals surface area contributed by atoms with Gasteiger partial charge in [0.2, 0.25) is 0 Å². The van der Waals surface area contributed by atoms with Crippen LogP contribution in [0.3, 0.4) is 0 Å². The van der Waals surface area contributed by atoms with Crippen LogP contribution in [0.15, 0.2) is 76.2 Å². The SMILES string of the molecule is COc1ccc(N=Cc2cc(Br)c(OCc3ccccc3)c(OC)c2)cc1. The Morgan fingerprint density at radius 3 is 2.33 bits per heavy atom. The number of methoxy groups -OCH3 is 2. The van der Waals surface area contributed by atoms with E-state index in [4.69, 9.17) is 14.2 Å². The minimum atomic E-state index is 0.467. The number of benzene rings is 3. The monoisotopic (exact) mass is 425 g/mol. The average Bonchev–Trinajstić information content (AvgIpc) is 2.72. The lowest BCUT2D eigenvalue weighted by Gasteiger charge is -2.13. The molecular formula is C22H20BrNO3. The molecule has 0 N–H and O–H groups in total. The maximum Gasteiger partial charge on any atom is 0.175 e. The van der Waals surface area contributed by atoms with Crippen molar-refractivity contribution in [2.45, 2.75) is 6.61 Å². The largest absolute Gasteiger partial charge is 0.497 e. The lowest BCUT2D eigenvalue weighted by atomic mass is 10.2. The second-order valence-electron chi connectivity index (χ2n) is 5.76. The fourth-order valence-corrected chi connectivity index (χ4v) is 3.08. The minimum Gasteiger partial charge on any atom is -0.497 e. The molecule has 5 heteroatoms. The molecule has 138 valence electrons. The highest BCUT2D eigenvalue weighted by atomic mass is 79.9. The Kier molecular flexibility index (Phi) is 6.49. The van der Waals surface area contributed by atoms with Gasteiger partial charge in [0, 0.05) is 6.21 Å². The van der Waals surface area contributed by atoms with E-state index in [-0.39, 0.29) is 0 Å². The molecule has 0 saturated heterocycles. The highest BCUT2D eigenvalue weighted by Gasteiger charge is 2.11. The Balaban J connectivity index is 1.77. The fourth-order valence-electron chi connectivity index (χ4n) is 2.50. The van der Waals surface area contributed by atoms with Gasteiger partial charge in [-0.15, -0.1) is 0 Å². The zero-order chi connectivity index (χ0) is 19.1. The van der Waals surface area contributed by atoms with Crippen LogP contribution in [0.25, 0.3) is 0 Å². The molecule has 3 aromatic carbocycles. The van der Waals surface area contributed by atoms with Gasteiger partial charge in [0.1, 0.15) is 12.4 Å². The molecule has 0 heterocycles. The first-order valence-corrected chi connectivity index (χ1v) is 9.21. The van der Waals surface area contributed by atoms with Crippen LogP contribution in [0.2, 0.25) is 0 Å². The van der Waals surface area contributed by atoms with Gasteiger partial charge >= 0.3 is 0 Å². The molecule has 0 saturated carbocycles. The van der Waals surface area contributed by atoms with E-state index in [1.54, 1.807) is 20.4 Å². The van der Waals surface area contributed by atoms with Gasteiger partial charge in [-0.25, -0.2) is 0 Å². The Morgan fingerprint density at radius 1 is 0.926 bits per heavy atom. The molecule has 0 radical (unpaired) electrons. The van der Waals surface area contributed by atoms with Gasteiger partial charge in [0.05, 0.1) is 24.4 Å². The number of rotatable bonds is 7. The van der Waals surface area contributed by atoms with Crippen LogP contribution in [0, 0.1) is 0 Å². The van der Waals surface area contributed by atoms with E-state index < -0.39 is 0 Å². The zero-order valence-corrected chi connectivity index (χ0v) is 16.8. The first-order chi connectivity index (χ1) is 13.2. The number of ether oxygens (including phenoxy) is 3. The van der Waals surface area contributed by atoms with Crippen LogP contribution < -0.4 is 14.2 Å². The van der Waals surface area contributed by atoms with Crippen molar-refractivity contribution in [1.82, 2.24) is 0 Å². The molecule has 0 atom stereocenters. The molecule has 3 rings (SSSR count). The molecule has 0 aliphatic heterocycles. The van der Waals surface area contributed by atoms with Crippen LogP contribution in [0.4, 0.5) is 5.69 Å². The van der Waals surface area contributed by atoms with Crippen molar-refractivity contribution in [3.63, 3.8) is 0 Å². The summed E-state index contributed by atoms with van der Waals surface area (Å²) >= 11 is 3.57. The number of hydrogen-bond donors (Lipinski definition) is 0. The number of hydrogen-bond acceptors (Lipinski definition) is 4. The predicted molar refractivity (Wildman–Crippen MR) is 112 cm³/mol. The third-order valence-electron chi connectivity index (χ3n) is 3.91. The van der Waals surface area contributed by atoms with Crippen molar-refractivity contribution in [1.29, 1.82) is 0 Å². The second kappa shape index (κ2) is 9.24. The molecule has 0 aliphatic rings. The second-order valence-corrected chi connectivity index (χ2v) is 6.62. The standard InChI is InChI=1S/C22H20BrNO3/c1-25-19-10-8-18(9-11-19)24-14-17-12-20(23)22(21(13-17)26-2)27-15-16-6-4-3-5-7-16/h3-14H,15H2,1-2H3. The summed E-state index contributed by atoms with van der Waals surface area (Å²) in [6, 6.07) is 21.4. The highest BCUT2D eigenvalue weighted by molar-refractivity contribution is 9.10. The fraction of sp³-hybridized carbons (Fsp3) is 0.136. The molecular weight excluding hydrogens is 406 g/mol. The van der Waals surface area contributed by atoms with E-state index in [0.29, 0.717) is 18.1 Å². The van der Waals surface area contributed by atoms with Crippen LogP contribution in [0.5, 0.6) is 17.2 Å². The van der Waals surface area contributed by atoms with Gasteiger partial charge in [0.25, 0.3) is 0 Å². The van der Waals surface area contributed by atoms with Gasteiger partial charge in [-0.2, -0.15) is 0 Å². The van der Waals surface area contributed by atoms with Crippen molar-refractivity contribution in [3.05, 3.63) is 82.3 Å². The summed E-state index contributed by atoms with van der Waals surface area (Å²) in [4.78, 5) is 4.49. The maximum atomic E-state index is 5.96. The Hall–Kier alpha value is -2.79. The molecule has 4 nitrogen and oxygen atoms in total. The van der Waals surface area contributed by atoms with Crippen LogP contribution in [0.1, 0.15) is 11.1 Å². The summed E-state index contributed by atoms with van der Waals surface area (Å²) in [5, 5.41) is 0. The average molecular weight is 426 g/mol. The van der Waals surface area contributed by atoms with Crippen molar-refractivity contribution in [3.8, 4) is 17.2 Å². The van der Waals surface area contributed by atoms with Crippen LogP contribution in [-0.4, -0.2) is 20.4 Å². The molecule has 0 amide bonds. The van der Waals surface area contributed by atoms with Crippen molar-refractivity contribution in [2.24, 2.45) is 4.99 Å². The first-order valence-electron chi connectivity index (χ1n) is 8.42. The van der Waals surface area contributed by atoms with Crippen LogP contribution in [-0.2, 0) is 6.61 Å². The summed E-state index contributed by atoms with van der Waals surface area (Å²) in [6.07, 6.45) is 1.79. The lowest BCUT2D eigenvalue weighted by Crippen LogP contribution is -1.99. The molecule has 0 bridgehead atoms. The normalized spacial score (nSPS) is 10.8. The van der Waals surface area contributed by atoms with Gasteiger partial charge < -0.3 is 14.2 Å². The summed E-state index contributed by atoms with van der Waals surface area (Å²) in [7, 11) is 3.27. The van der Waals surface area contributed by atoms with E-state index in [2.05, 4.69) is 20.9 Å². The van der Waals surface area contributed by atoms with E-state index in [0.717, 1.165) is 27.0 Å². The summed E-state index contributed by atoms with van der Waals surface area (Å²) in [5.74, 6) is 2.12. The molecule has 0 fully saturated rings. The smallest absolute Gasteiger partial charge is 0.175 e. The maximum absolute atomic E-state index is 5.96. The van der Waals surface area contributed by atoms with E-state index in [1.807, 2.05) is 66.7 Å². The quantitative estimate of drug-likeness (QED) is 0.449. The third kappa shape index (κ3) is 5.11. The van der Waals surface area contributed by atoms with Gasteiger partial charge in [-0.1, -0.05) is 30.3 Å². The Bertz CT molecular complexity index is 909. The van der Waals surface area contributed by atoms with Crippen LogP contribution >= 0.6 is 15.9 Å². The number of nitrogens with zero attached hydrogens (tertiary/aromatic N) is 1. The van der Waals surface area contributed by atoms with E-state index in [9.17, 15) is 0 Å². The molecule has 0 unspecified atom stereocenters. The number of halogens is 1. The topological polar surface area (TPSA) is 40.0 Å². The first kappa shape index (κ1) is 19.0. The molecule has 3 aromatic rings. The Labute approximate surface area is 167 Å². The summed E-state index contributed by atoms with van der Waals surface area (Å²) in [5.41, 5.74) is 2.84. The Morgan fingerprint density at radius 2 is 1.67 bits per heavy atom. The van der Waals surface area contributed by atoms with Gasteiger partial charge in [0.15, 0.2) is 11.5 Å². The minimum absolute atomic E-state index is 0.467. The predicted octanol–water partition coefficient (Wildman–Crippen LogP) is 5.80. The lowest BCUT2D eigenvalue weighted by molar-refractivity contribution is 0.282. The molecule has 0 spiro atoms. The summed E-state index contributed by atoms with van der Waals surface area (Å²) < 4.78 is 17.4. The van der Waals surface area contributed by atoms with Crippen molar-refractivity contribution < 1.29 is 14.2 Å². The van der Waals surface area contributed by atoms with Crippen molar-refractivity contribution >= 4 is 27.8 Å². The third-order valence-corrected chi connectivity index (χ3v) is 4.50.